The van der Waals surface area contributed by atoms with E-state index >= 15 is 0 Å². The van der Waals surface area contributed by atoms with Gasteiger partial charge in [-0.15, -0.1) is 0 Å². The molecule has 190 valence electrons. The number of H-pyrrole nitrogens is 1. The van der Waals surface area contributed by atoms with Crippen molar-refractivity contribution in [3.05, 3.63) is 88.2 Å². The van der Waals surface area contributed by atoms with Gasteiger partial charge < -0.3 is 14.5 Å². The highest BCUT2D eigenvalue weighted by Crippen LogP contribution is 2.28. The van der Waals surface area contributed by atoms with Crippen molar-refractivity contribution in [2.24, 2.45) is 0 Å². The van der Waals surface area contributed by atoms with Gasteiger partial charge in [0.15, 0.2) is 0 Å². The van der Waals surface area contributed by atoms with Crippen LogP contribution in [0.1, 0.15) is 18.1 Å². The van der Waals surface area contributed by atoms with Crippen LogP contribution in [0.15, 0.2) is 76.4 Å². The van der Waals surface area contributed by atoms with E-state index in [-0.39, 0.29) is 23.5 Å². The maximum atomic E-state index is 14.0. The van der Waals surface area contributed by atoms with Crippen LogP contribution in [0.4, 0.5) is 0 Å². The Morgan fingerprint density at radius 1 is 0.973 bits per heavy atom. The van der Waals surface area contributed by atoms with E-state index < -0.39 is 10.0 Å². The highest BCUT2D eigenvalue weighted by molar-refractivity contribution is 7.89. The Morgan fingerprint density at radius 3 is 2.51 bits per heavy atom. The Morgan fingerprint density at radius 2 is 1.76 bits per heavy atom. The predicted octanol–water partition coefficient (Wildman–Crippen LogP) is 4.33. The van der Waals surface area contributed by atoms with Gasteiger partial charge in [0.1, 0.15) is 27.4 Å². The normalized spacial score (nSPS) is 11.9. The molecule has 3 aromatic carbocycles. The molecule has 0 aliphatic carbocycles. The molecule has 9 nitrogen and oxygen atoms in total. The third kappa shape index (κ3) is 5.06. The number of aromatic nitrogens is 3. The Labute approximate surface area is 217 Å². The summed E-state index contributed by atoms with van der Waals surface area (Å²) in [4.78, 5) is 15.9. The summed E-state index contributed by atoms with van der Waals surface area (Å²) in [5, 5.41) is 0.744. The van der Waals surface area contributed by atoms with E-state index in [0.717, 1.165) is 22.7 Å². The Kier molecular flexibility index (Phi) is 6.92. The molecule has 5 aromatic rings. The lowest BCUT2D eigenvalue weighted by Crippen LogP contribution is -2.32. The number of hydrogen-bond acceptors (Lipinski definition) is 8. The van der Waals surface area contributed by atoms with Gasteiger partial charge in [-0.05, 0) is 61.0 Å². The molecule has 0 saturated heterocycles. The summed E-state index contributed by atoms with van der Waals surface area (Å²) >= 11 is 0.952. The van der Waals surface area contributed by atoms with Crippen LogP contribution in [0.25, 0.3) is 21.9 Å². The minimum Gasteiger partial charge on any atom is -0.497 e. The standard InChI is InChI=1S/C26H24N4O5S2/c1-3-35-21-11-12-22-18(14-21)13-19(26(31)27-22)16-30(15-17-7-9-20(34-2)10-8-17)37(32,33)24-6-4-5-23-25(24)29-36-28-23/h4-14H,3,15-16H2,1-2H3,(H,27,31). The largest absolute Gasteiger partial charge is 0.497 e. The third-order valence-corrected chi connectivity index (χ3v) is 8.30. The molecule has 0 bridgehead atoms. The maximum Gasteiger partial charge on any atom is 0.252 e. The van der Waals surface area contributed by atoms with Crippen LogP contribution < -0.4 is 15.0 Å². The molecule has 2 aromatic heterocycles. The lowest BCUT2D eigenvalue weighted by molar-refractivity contribution is 0.340. The van der Waals surface area contributed by atoms with Gasteiger partial charge in [0.2, 0.25) is 10.0 Å². The number of hydrogen-bond donors (Lipinski definition) is 1. The van der Waals surface area contributed by atoms with Crippen molar-refractivity contribution in [2.45, 2.75) is 24.9 Å². The van der Waals surface area contributed by atoms with Gasteiger partial charge in [0.25, 0.3) is 5.56 Å². The molecular weight excluding hydrogens is 512 g/mol. The van der Waals surface area contributed by atoms with Crippen molar-refractivity contribution in [3.8, 4) is 11.5 Å². The van der Waals surface area contributed by atoms with Gasteiger partial charge in [-0.25, -0.2) is 8.42 Å². The fraction of sp³-hybridized carbons (Fsp3) is 0.192. The van der Waals surface area contributed by atoms with Crippen molar-refractivity contribution in [2.75, 3.05) is 13.7 Å². The van der Waals surface area contributed by atoms with E-state index in [2.05, 4.69) is 13.7 Å². The molecule has 0 fully saturated rings. The fourth-order valence-corrected chi connectivity index (χ4v) is 6.24. The molecule has 0 aliphatic heterocycles. The lowest BCUT2D eigenvalue weighted by atomic mass is 10.1. The van der Waals surface area contributed by atoms with Crippen LogP contribution in [0.3, 0.4) is 0 Å². The molecule has 2 heterocycles. The number of sulfonamides is 1. The second kappa shape index (κ2) is 10.3. The molecule has 5 rings (SSSR count). The monoisotopic (exact) mass is 536 g/mol. The summed E-state index contributed by atoms with van der Waals surface area (Å²) in [6.45, 7) is 2.29. The molecule has 0 unspecified atom stereocenters. The van der Waals surface area contributed by atoms with Gasteiger partial charge in [0.05, 0.1) is 25.4 Å². The van der Waals surface area contributed by atoms with Crippen molar-refractivity contribution >= 4 is 43.7 Å². The average Bonchev–Trinajstić information content (AvgIpc) is 3.38. The first-order chi connectivity index (χ1) is 17.9. The third-order valence-electron chi connectivity index (χ3n) is 5.94. The summed E-state index contributed by atoms with van der Waals surface area (Å²) in [7, 11) is -2.50. The molecule has 0 amide bonds. The number of ether oxygens (including phenoxy) is 2. The van der Waals surface area contributed by atoms with Crippen LogP contribution in [0.2, 0.25) is 0 Å². The molecule has 0 atom stereocenters. The molecule has 1 N–H and O–H groups in total. The number of rotatable bonds is 9. The molecule has 0 spiro atoms. The van der Waals surface area contributed by atoms with Gasteiger partial charge in [-0.1, -0.05) is 18.2 Å². The van der Waals surface area contributed by atoms with Crippen LogP contribution in [-0.4, -0.2) is 40.2 Å². The van der Waals surface area contributed by atoms with E-state index in [1.54, 1.807) is 61.7 Å². The summed E-state index contributed by atoms with van der Waals surface area (Å²) in [5.41, 5.74) is 2.13. The number of aromatic amines is 1. The van der Waals surface area contributed by atoms with E-state index in [0.29, 0.717) is 40.2 Å². The summed E-state index contributed by atoms with van der Waals surface area (Å²) in [5.74, 6) is 1.32. The van der Waals surface area contributed by atoms with Crippen LogP contribution >= 0.6 is 11.7 Å². The number of fused-ring (bicyclic) bond motifs is 2. The Bertz CT molecular complexity index is 1730. The molecule has 0 saturated carbocycles. The topological polar surface area (TPSA) is 114 Å². The summed E-state index contributed by atoms with van der Waals surface area (Å²) in [6, 6.07) is 19.1. The highest BCUT2D eigenvalue weighted by atomic mass is 32.2. The maximum absolute atomic E-state index is 14.0. The van der Waals surface area contributed by atoms with Crippen LogP contribution in [0, 0.1) is 0 Å². The zero-order valence-electron chi connectivity index (χ0n) is 20.2. The first kappa shape index (κ1) is 24.9. The van der Waals surface area contributed by atoms with Gasteiger partial charge in [-0.3, -0.25) is 4.79 Å². The SMILES string of the molecule is CCOc1ccc2[nH]c(=O)c(CN(Cc3ccc(OC)cc3)S(=O)(=O)c3cccc4nsnc34)cc2c1. The van der Waals surface area contributed by atoms with Gasteiger partial charge >= 0.3 is 0 Å². The smallest absolute Gasteiger partial charge is 0.252 e. The first-order valence-corrected chi connectivity index (χ1v) is 13.7. The van der Waals surface area contributed by atoms with Crippen molar-refractivity contribution < 1.29 is 17.9 Å². The van der Waals surface area contributed by atoms with E-state index in [1.165, 1.54) is 10.4 Å². The van der Waals surface area contributed by atoms with E-state index in [4.69, 9.17) is 9.47 Å². The minimum atomic E-state index is -4.07. The Balaban J connectivity index is 1.59. The van der Waals surface area contributed by atoms with Crippen LogP contribution in [0.5, 0.6) is 11.5 Å². The summed E-state index contributed by atoms with van der Waals surface area (Å²) in [6.07, 6.45) is 0. The molecule has 0 radical (unpaired) electrons. The quantitative estimate of drug-likeness (QED) is 0.298. The van der Waals surface area contributed by atoms with Gasteiger partial charge in [-0.2, -0.15) is 13.1 Å². The van der Waals surface area contributed by atoms with Crippen molar-refractivity contribution in [1.29, 1.82) is 0 Å². The highest BCUT2D eigenvalue weighted by Gasteiger charge is 2.29. The molecule has 0 aliphatic rings. The number of nitrogens with one attached hydrogen (secondary N) is 1. The molecule has 11 heteroatoms. The summed E-state index contributed by atoms with van der Waals surface area (Å²) < 4.78 is 48.5. The van der Waals surface area contributed by atoms with E-state index in [1.807, 2.05) is 13.0 Å². The fourth-order valence-electron chi connectivity index (χ4n) is 4.08. The zero-order valence-corrected chi connectivity index (χ0v) is 21.8. The van der Waals surface area contributed by atoms with Gasteiger partial charge in [0, 0.05) is 29.6 Å². The second-order valence-electron chi connectivity index (χ2n) is 8.32. The lowest BCUT2D eigenvalue weighted by Gasteiger charge is -2.22. The molecule has 37 heavy (non-hydrogen) atoms. The minimum absolute atomic E-state index is 0.0384. The zero-order chi connectivity index (χ0) is 26.0. The second-order valence-corrected chi connectivity index (χ2v) is 10.7. The Hall–Kier alpha value is -3.80. The number of benzene rings is 3. The molecular formula is C26H24N4O5S2. The first-order valence-electron chi connectivity index (χ1n) is 11.5. The number of pyridine rings is 1. The van der Waals surface area contributed by atoms with E-state index in [9.17, 15) is 13.2 Å². The van der Waals surface area contributed by atoms with Crippen molar-refractivity contribution in [3.63, 3.8) is 0 Å². The number of nitrogens with zero attached hydrogens (tertiary/aromatic N) is 3. The van der Waals surface area contributed by atoms with Crippen molar-refractivity contribution in [1.82, 2.24) is 18.0 Å². The predicted molar refractivity (Wildman–Crippen MR) is 143 cm³/mol. The number of methoxy groups -OCH3 is 1. The average molecular weight is 537 g/mol. The van der Waals surface area contributed by atoms with Crippen LogP contribution in [-0.2, 0) is 23.1 Å².